The number of hydrogen-bond acceptors (Lipinski definition) is 4. The Hall–Kier alpha value is -0.610. The summed E-state index contributed by atoms with van der Waals surface area (Å²) in [4.78, 5) is 11.8. The fraction of sp³-hybridized carbons (Fsp3) is 0.929. The summed E-state index contributed by atoms with van der Waals surface area (Å²) in [7, 11) is 1.61. The Kier molecular flexibility index (Phi) is 7.28. The second-order valence-corrected chi connectivity index (χ2v) is 5.34. The molecule has 0 heterocycles. The summed E-state index contributed by atoms with van der Waals surface area (Å²) in [5.41, 5.74) is 0. The Morgan fingerprint density at radius 2 is 1.83 bits per heavy atom. The molecule has 4 heteroatoms. The topological polar surface area (TPSA) is 44.8 Å². The lowest BCUT2D eigenvalue weighted by atomic mass is 9.77. The van der Waals surface area contributed by atoms with Crippen LogP contribution in [-0.2, 0) is 19.0 Å². The van der Waals surface area contributed by atoms with Gasteiger partial charge in [-0.3, -0.25) is 4.79 Å². The van der Waals surface area contributed by atoms with Crippen LogP contribution in [0, 0.1) is 17.8 Å². The minimum atomic E-state index is -0.102. The Labute approximate surface area is 110 Å². The van der Waals surface area contributed by atoms with Crippen LogP contribution >= 0.6 is 0 Å². The molecule has 0 unspecified atom stereocenters. The van der Waals surface area contributed by atoms with E-state index in [4.69, 9.17) is 14.2 Å². The maximum Gasteiger partial charge on any atom is 0.311 e. The van der Waals surface area contributed by atoms with Gasteiger partial charge in [0.2, 0.25) is 0 Å². The van der Waals surface area contributed by atoms with E-state index >= 15 is 0 Å². The van der Waals surface area contributed by atoms with E-state index in [0.717, 1.165) is 37.5 Å². The van der Waals surface area contributed by atoms with Crippen LogP contribution in [0.1, 0.15) is 39.5 Å². The molecule has 0 bridgehead atoms. The lowest BCUT2D eigenvalue weighted by Gasteiger charge is -2.29. The van der Waals surface area contributed by atoms with Crippen LogP contribution in [0.4, 0.5) is 0 Å². The molecule has 0 amide bonds. The summed E-state index contributed by atoms with van der Waals surface area (Å²) < 4.78 is 15.1. The van der Waals surface area contributed by atoms with Crippen LogP contribution in [-0.4, -0.2) is 33.1 Å². The van der Waals surface area contributed by atoms with Gasteiger partial charge in [0.05, 0.1) is 19.1 Å². The molecule has 0 aliphatic heterocycles. The maximum absolute atomic E-state index is 11.8. The first kappa shape index (κ1) is 15.4. The standard InChI is InChI=1S/C14H26O4/c1-11(2)12-4-6-13(7-5-12)14(15)18-10-17-9-8-16-3/h11-13H,4-10H2,1-3H3. The summed E-state index contributed by atoms with van der Waals surface area (Å²) in [5.74, 6) is 1.46. The van der Waals surface area contributed by atoms with Crippen LogP contribution in [0.15, 0.2) is 0 Å². The van der Waals surface area contributed by atoms with Crippen molar-refractivity contribution in [2.45, 2.75) is 39.5 Å². The number of methoxy groups -OCH3 is 1. The average molecular weight is 258 g/mol. The van der Waals surface area contributed by atoms with Gasteiger partial charge in [0.1, 0.15) is 0 Å². The van der Waals surface area contributed by atoms with Crippen molar-refractivity contribution < 1.29 is 19.0 Å². The molecule has 0 aromatic rings. The molecular formula is C14H26O4. The van der Waals surface area contributed by atoms with Gasteiger partial charge in [-0.05, 0) is 37.5 Å². The van der Waals surface area contributed by atoms with Gasteiger partial charge in [0, 0.05) is 7.11 Å². The van der Waals surface area contributed by atoms with E-state index in [9.17, 15) is 4.79 Å². The third-order valence-corrected chi connectivity index (χ3v) is 3.76. The molecule has 0 saturated heterocycles. The molecule has 106 valence electrons. The van der Waals surface area contributed by atoms with Crippen molar-refractivity contribution in [2.24, 2.45) is 17.8 Å². The van der Waals surface area contributed by atoms with Crippen LogP contribution in [0.3, 0.4) is 0 Å². The largest absolute Gasteiger partial charge is 0.438 e. The smallest absolute Gasteiger partial charge is 0.311 e. The van der Waals surface area contributed by atoms with Gasteiger partial charge in [-0.1, -0.05) is 13.8 Å². The van der Waals surface area contributed by atoms with Crippen molar-refractivity contribution in [2.75, 3.05) is 27.1 Å². The van der Waals surface area contributed by atoms with Crippen LogP contribution in [0.2, 0.25) is 0 Å². The van der Waals surface area contributed by atoms with Crippen molar-refractivity contribution in [3.05, 3.63) is 0 Å². The molecule has 1 rings (SSSR count). The summed E-state index contributed by atoms with van der Waals surface area (Å²) >= 11 is 0. The van der Waals surface area contributed by atoms with Crippen LogP contribution in [0.5, 0.6) is 0 Å². The lowest BCUT2D eigenvalue weighted by molar-refractivity contribution is -0.163. The lowest BCUT2D eigenvalue weighted by Crippen LogP contribution is -2.26. The molecule has 0 aromatic heterocycles. The molecule has 18 heavy (non-hydrogen) atoms. The summed E-state index contributed by atoms with van der Waals surface area (Å²) in [5, 5.41) is 0. The monoisotopic (exact) mass is 258 g/mol. The quantitative estimate of drug-likeness (QED) is 0.400. The van der Waals surface area contributed by atoms with Crippen molar-refractivity contribution in [3.8, 4) is 0 Å². The molecular weight excluding hydrogens is 232 g/mol. The molecule has 0 N–H and O–H groups in total. The zero-order valence-corrected chi connectivity index (χ0v) is 11.8. The number of hydrogen-bond donors (Lipinski definition) is 0. The average Bonchev–Trinajstić information content (AvgIpc) is 2.38. The Morgan fingerprint density at radius 1 is 1.17 bits per heavy atom. The number of ether oxygens (including phenoxy) is 3. The van der Waals surface area contributed by atoms with Gasteiger partial charge in [-0.25, -0.2) is 0 Å². The summed E-state index contributed by atoms with van der Waals surface area (Å²) in [6, 6.07) is 0. The van der Waals surface area contributed by atoms with E-state index in [0.29, 0.717) is 13.2 Å². The fourth-order valence-electron chi connectivity index (χ4n) is 2.44. The van der Waals surface area contributed by atoms with E-state index in [2.05, 4.69) is 13.8 Å². The number of carbonyl (C=O) groups is 1. The highest BCUT2D eigenvalue weighted by Crippen LogP contribution is 2.33. The van der Waals surface area contributed by atoms with E-state index in [1.807, 2.05) is 0 Å². The van der Waals surface area contributed by atoms with Gasteiger partial charge >= 0.3 is 5.97 Å². The zero-order chi connectivity index (χ0) is 13.4. The van der Waals surface area contributed by atoms with Crippen molar-refractivity contribution in [1.82, 2.24) is 0 Å². The fourth-order valence-corrected chi connectivity index (χ4v) is 2.44. The van der Waals surface area contributed by atoms with Crippen molar-refractivity contribution >= 4 is 5.97 Å². The van der Waals surface area contributed by atoms with E-state index in [-0.39, 0.29) is 18.7 Å². The first-order valence-electron chi connectivity index (χ1n) is 6.88. The SMILES string of the molecule is COCCOCOC(=O)C1CCC(C(C)C)CC1. The third-order valence-electron chi connectivity index (χ3n) is 3.76. The molecule has 1 aliphatic rings. The molecule has 1 aliphatic carbocycles. The van der Waals surface area contributed by atoms with Crippen LogP contribution < -0.4 is 0 Å². The predicted molar refractivity (Wildman–Crippen MR) is 69.1 cm³/mol. The molecule has 0 atom stereocenters. The highest BCUT2D eigenvalue weighted by molar-refractivity contribution is 5.72. The van der Waals surface area contributed by atoms with E-state index < -0.39 is 0 Å². The first-order chi connectivity index (χ1) is 8.65. The highest BCUT2D eigenvalue weighted by atomic mass is 16.7. The van der Waals surface area contributed by atoms with E-state index in [1.165, 1.54) is 0 Å². The van der Waals surface area contributed by atoms with E-state index in [1.54, 1.807) is 7.11 Å². The molecule has 4 nitrogen and oxygen atoms in total. The molecule has 1 saturated carbocycles. The first-order valence-corrected chi connectivity index (χ1v) is 6.88. The van der Waals surface area contributed by atoms with Crippen molar-refractivity contribution in [1.29, 1.82) is 0 Å². The number of carbonyl (C=O) groups excluding carboxylic acids is 1. The van der Waals surface area contributed by atoms with Gasteiger partial charge in [-0.2, -0.15) is 0 Å². The number of rotatable bonds is 7. The minimum Gasteiger partial charge on any atom is -0.438 e. The summed E-state index contributed by atoms with van der Waals surface area (Å²) in [6.45, 7) is 5.55. The predicted octanol–water partition coefficient (Wildman–Crippen LogP) is 2.61. The zero-order valence-electron chi connectivity index (χ0n) is 11.8. The molecule has 0 spiro atoms. The summed E-state index contributed by atoms with van der Waals surface area (Å²) in [6.07, 6.45) is 4.20. The Morgan fingerprint density at radius 3 is 2.39 bits per heavy atom. The molecule has 1 fully saturated rings. The van der Waals surface area contributed by atoms with Gasteiger partial charge in [-0.15, -0.1) is 0 Å². The third kappa shape index (κ3) is 5.36. The second-order valence-electron chi connectivity index (χ2n) is 5.34. The Balaban J connectivity index is 2.12. The highest BCUT2D eigenvalue weighted by Gasteiger charge is 2.28. The maximum atomic E-state index is 11.8. The molecule has 0 radical (unpaired) electrons. The van der Waals surface area contributed by atoms with Crippen LogP contribution in [0.25, 0.3) is 0 Å². The van der Waals surface area contributed by atoms with Gasteiger partial charge in [0.25, 0.3) is 0 Å². The van der Waals surface area contributed by atoms with Gasteiger partial charge < -0.3 is 14.2 Å². The Bertz CT molecular complexity index is 232. The second kappa shape index (κ2) is 8.48. The van der Waals surface area contributed by atoms with Crippen molar-refractivity contribution in [3.63, 3.8) is 0 Å². The van der Waals surface area contributed by atoms with Gasteiger partial charge in [0.15, 0.2) is 6.79 Å². The molecule has 0 aromatic carbocycles. The normalized spacial score (nSPS) is 24.2. The number of esters is 1. The minimum absolute atomic E-state index is 0.0479.